The first kappa shape index (κ1) is 14.4. The van der Waals surface area contributed by atoms with Crippen LogP contribution >= 0.6 is 0 Å². The van der Waals surface area contributed by atoms with E-state index in [0.29, 0.717) is 19.4 Å². The molecule has 2 rings (SSSR count). The van der Waals surface area contributed by atoms with Gasteiger partial charge in [0.15, 0.2) is 5.60 Å². The highest BCUT2D eigenvalue weighted by Crippen LogP contribution is 2.38. The van der Waals surface area contributed by atoms with E-state index >= 15 is 0 Å². The van der Waals surface area contributed by atoms with E-state index in [4.69, 9.17) is 0 Å². The molecular formula is C13H18F3NO2. The number of hydrogen-bond donors (Lipinski definition) is 1. The molecule has 0 aromatic heterocycles. The lowest BCUT2D eigenvalue weighted by atomic mass is 9.94. The van der Waals surface area contributed by atoms with Crippen LogP contribution in [-0.2, 0) is 4.79 Å². The Morgan fingerprint density at radius 3 is 2.42 bits per heavy atom. The molecule has 1 fully saturated rings. The predicted octanol–water partition coefficient (Wildman–Crippen LogP) is 2.26. The van der Waals surface area contributed by atoms with Crippen molar-refractivity contribution in [2.24, 2.45) is 5.92 Å². The summed E-state index contributed by atoms with van der Waals surface area (Å²) in [6.07, 6.45) is -0.0227. The highest BCUT2D eigenvalue weighted by atomic mass is 19.4. The van der Waals surface area contributed by atoms with Gasteiger partial charge in [-0.25, -0.2) is 0 Å². The van der Waals surface area contributed by atoms with Gasteiger partial charge in [0.1, 0.15) is 0 Å². The molecular weight excluding hydrogens is 259 g/mol. The fourth-order valence-corrected chi connectivity index (χ4v) is 2.70. The van der Waals surface area contributed by atoms with Crippen LogP contribution in [0.3, 0.4) is 0 Å². The second-order valence-corrected chi connectivity index (χ2v) is 5.35. The van der Waals surface area contributed by atoms with Crippen LogP contribution in [0.5, 0.6) is 0 Å². The normalized spacial score (nSPS) is 29.6. The molecule has 0 unspecified atom stereocenters. The maximum atomic E-state index is 12.8. The number of likely N-dealkylation sites (tertiary alicyclic amines) is 1. The number of aliphatic hydroxyl groups is 1. The third kappa shape index (κ3) is 2.94. The lowest BCUT2D eigenvalue weighted by Gasteiger charge is -2.29. The number of alkyl halides is 3. The number of hydrogen-bond acceptors (Lipinski definition) is 2. The van der Waals surface area contributed by atoms with Gasteiger partial charge < -0.3 is 10.0 Å². The maximum absolute atomic E-state index is 12.8. The van der Waals surface area contributed by atoms with Crippen LogP contribution in [0.1, 0.15) is 32.1 Å². The van der Waals surface area contributed by atoms with Gasteiger partial charge in [0.2, 0.25) is 5.91 Å². The molecule has 1 heterocycles. The zero-order chi connectivity index (χ0) is 14.1. The molecule has 1 saturated heterocycles. The van der Waals surface area contributed by atoms with E-state index in [2.05, 4.69) is 0 Å². The Kier molecular flexibility index (Phi) is 3.90. The first-order valence-corrected chi connectivity index (χ1v) is 6.56. The van der Waals surface area contributed by atoms with Crippen LogP contribution in [0, 0.1) is 5.92 Å². The smallest absolute Gasteiger partial charge is 0.380 e. The summed E-state index contributed by atoms with van der Waals surface area (Å²) in [6, 6.07) is 0. The number of carbonyl (C=O) groups is 1. The van der Waals surface area contributed by atoms with Crippen molar-refractivity contribution >= 4 is 5.91 Å². The molecule has 1 atom stereocenters. The predicted molar refractivity (Wildman–Crippen MR) is 63.3 cm³/mol. The summed E-state index contributed by atoms with van der Waals surface area (Å²) in [5.74, 6) is -0.214. The van der Waals surface area contributed by atoms with Gasteiger partial charge in [-0.2, -0.15) is 13.2 Å². The second kappa shape index (κ2) is 5.15. The Balaban J connectivity index is 1.98. The van der Waals surface area contributed by atoms with E-state index in [-0.39, 0.29) is 31.2 Å². The highest BCUT2D eigenvalue weighted by molar-refractivity contribution is 5.79. The Morgan fingerprint density at radius 2 is 1.84 bits per heavy atom. The number of carbonyl (C=O) groups excluding carboxylic acids is 1. The molecule has 3 nitrogen and oxygen atoms in total. The summed E-state index contributed by atoms with van der Waals surface area (Å²) in [6.45, 7) is 0.277. The molecule has 6 heteroatoms. The van der Waals surface area contributed by atoms with E-state index in [1.807, 2.05) is 12.2 Å². The van der Waals surface area contributed by atoms with Crippen LogP contribution in [-0.4, -0.2) is 40.8 Å². The standard InChI is InChI=1S/C13H18F3NO2/c14-13(15,16)12(19)6-3-8-17(9-7-12)11(18)10-4-1-2-5-10/h1-2,10,19H,3-9H2/t12-/m1/s1. The van der Waals surface area contributed by atoms with Crippen molar-refractivity contribution in [2.75, 3.05) is 13.1 Å². The van der Waals surface area contributed by atoms with Crippen LogP contribution < -0.4 is 0 Å². The van der Waals surface area contributed by atoms with Crippen LogP contribution in [0.4, 0.5) is 13.2 Å². The molecule has 0 radical (unpaired) electrons. The minimum absolute atomic E-state index is 0.0225. The van der Waals surface area contributed by atoms with E-state index in [0.717, 1.165) is 0 Å². The van der Waals surface area contributed by atoms with Gasteiger partial charge in [-0.05, 0) is 25.7 Å². The van der Waals surface area contributed by atoms with Gasteiger partial charge in [-0.1, -0.05) is 12.2 Å². The Morgan fingerprint density at radius 1 is 1.21 bits per heavy atom. The fourth-order valence-electron chi connectivity index (χ4n) is 2.70. The van der Waals surface area contributed by atoms with Crippen molar-refractivity contribution in [3.05, 3.63) is 12.2 Å². The summed E-state index contributed by atoms with van der Waals surface area (Å²) in [5, 5.41) is 9.68. The van der Waals surface area contributed by atoms with Crippen molar-refractivity contribution in [2.45, 2.75) is 43.9 Å². The van der Waals surface area contributed by atoms with Gasteiger partial charge >= 0.3 is 6.18 Å². The number of amides is 1. The third-order valence-corrected chi connectivity index (χ3v) is 4.01. The monoisotopic (exact) mass is 277 g/mol. The SMILES string of the molecule is O=C(C1CC=CC1)N1CCC[C@](O)(C(F)(F)F)CC1. The summed E-state index contributed by atoms with van der Waals surface area (Å²) in [7, 11) is 0. The Bertz CT molecular complexity index is 373. The van der Waals surface area contributed by atoms with Crippen LogP contribution in [0.2, 0.25) is 0 Å². The first-order chi connectivity index (χ1) is 8.83. The van der Waals surface area contributed by atoms with E-state index in [1.54, 1.807) is 0 Å². The molecule has 0 aromatic rings. The van der Waals surface area contributed by atoms with E-state index in [9.17, 15) is 23.1 Å². The topological polar surface area (TPSA) is 40.5 Å². The first-order valence-electron chi connectivity index (χ1n) is 6.56. The molecule has 2 aliphatic rings. The van der Waals surface area contributed by atoms with Gasteiger partial charge in [-0.3, -0.25) is 4.79 Å². The number of halogens is 3. The molecule has 19 heavy (non-hydrogen) atoms. The van der Waals surface area contributed by atoms with Crippen LogP contribution in [0.25, 0.3) is 0 Å². The van der Waals surface area contributed by atoms with Gasteiger partial charge in [0, 0.05) is 25.4 Å². The maximum Gasteiger partial charge on any atom is 0.417 e. The van der Waals surface area contributed by atoms with E-state index < -0.39 is 18.2 Å². The summed E-state index contributed by atoms with van der Waals surface area (Å²) < 4.78 is 38.3. The molecule has 0 saturated carbocycles. The molecule has 1 aliphatic carbocycles. The Hall–Kier alpha value is -1.04. The Labute approximate surface area is 110 Å². The van der Waals surface area contributed by atoms with Gasteiger partial charge in [0.05, 0.1) is 0 Å². The summed E-state index contributed by atoms with van der Waals surface area (Å²) in [5.41, 5.74) is -2.64. The number of nitrogens with zero attached hydrogens (tertiary/aromatic N) is 1. The molecule has 0 spiro atoms. The second-order valence-electron chi connectivity index (χ2n) is 5.35. The molecule has 0 bridgehead atoms. The minimum atomic E-state index is -4.62. The average Bonchev–Trinajstić information content (AvgIpc) is 2.77. The molecule has 0 aromatic carbocycles. The largest absolute Gasteiger partial charge is 0.417 e. The summed E-state index contributed by atoms with van der Waals surface area (Å²) in [4.78, 5) is 13.6. The van der Waals surface area contributed by atoms with Gasteiger partial charge in [-0.15, -0.1) is 0 Å². The third-order valence-electron chi connectivity index (χ3n) is 4.01. The molecule has 1 N–H and O–H groups in total. The average molecular weight is 277 g/mol. The zero-order valence-electron chi connectivity index (χ0n) is 10.6. The van der Waals surface area contributed by atoms with Crippen molar-refractivity contribution in [1.82, 2.24) is 4.90 Å². The zero-order valence-corrected chi connectivity index (χ0v) is 10.6. The lowest BCUT2D eigenvalue weighted by Crippen LogP contribution is -2.46. The summed E-state index contributed by atoms with van der Waals surface area (Å²) >= 11 is 0. The van der Waals surface area contributed by atoms with Crippen molar-refractivity contribution < 1.29 is 23.1 Å². The van der Waals surface area contributed by atoms with Crippen molar-refractivity contribution in [3.8, 4) is 0 Å². The van der Waals surface area contributed by atoms with E-state index in [1.165, 1.54) is 4.90 Å². The van der Waals surface area contributed by atoms with Crippen molar-refractivity contribution in [1.29, 1.82) is 0 Å². The molecule has 1 aliphatic heterocycles. The molecule has 1 amide bonds. The molecule has 108 valence electrons. The quantitative estimate of drug-likeness (QED) is 0.747. The van der Waals surface area contributed by atoms with Gasteiger partial charge in [0.25, 0.3) is 0 Å². The minimum Gasteiger partial charge on any atom is -0.380 e. The lowest BCUT2D eigenvalue weighted by molar-refractivity contribution is -0.263. The number of rotatable bonds is 1. The number of allylic oxidation sites excluding steroid dienone is 2. The van der Waals surface area contributed by atoms with Crippen LogP contribution in [0.15, 0.2) is 12.2 Å². The fraction of sp³-hybridized carbons (Fsp3) is 0.769. The van der Waals surface area contributed by atoms with Crippen molar-refractivity contribution in [3.63, 3.8) is 0 Å². The highest BCUT2D eigenvalue weighted by Gasteiger charge is 2.53.